The molecule has 0 radical (unpaired) electrons. The largest absolute Gasteiger partial charge is 0.467 e. The van der Waals surface area contributed by atoms with E-state index in [0.717, 1.165) is 10.9 Å². The first-order valence-corrected chi connectivity index (χ1v) is 10.1. The third kappa shape index (κ3) is 3.83. The number of benzene rings is 2. The predicted octanol–water partition coefficient (Wildman–Crippen LogP) is 6.34. The quantitative estimate of drug-likeness (QED) is 0.354. The number of rotatable bonds is 5. The van der Waals surface area contributed by atoms with Crippen molar-refractivity contribution < 1.29 is 13.6 Å². The predicted molar refractivity (Wildman–Crippen MR) is 120 cm³/mol. The standard InChI is InChI=1S/C25H17ClN2O3/c26-20-9-3-1-8-18(20)23-11-12-24(31-23)22-14-19(17-7-2-4-10-21(17)28-22)25(29)27-15-16-6-5-13-30-16/h1-14H,15H2,(H,27,29). The van der Waals surface area contributed by atoms with Gasteiger partial charge in [-0.25, -0.2) is 4.98 Å². The Balaban J connectivity index is 1.53. The smallest absolute Gasteiger partial charge is 0.252 e. The molecule has 152 valence electrons. The lowest BCUT2D eigenvalue weighted by molar-refractivity contribution is 0.0949. The number of amides is 1. The Hall–Kier alpha value is -3.83. The van der Waals surface area contributed by atoms with Crippen LogP contribution in [0.15, 0.2) is 94.0 Å². The van der Waals surface area contributed by atoms with E-state index in [1.165, 1.54) is 0 Å². The molecule has 31 heavy (non-hydrogen) atoms. The number of fused-ring (bicyclic) bond motifs is 1. The van der Waals surface area contributed by atoms with Gasteiger partial charge < -0.3 is 14.2 Å². The number of halogens is 1. The molecule has 0 spiro atoms. The highest BCUT2D eigenvalue weighted by Crippen LogP contribution is 2.33. The van der Waals surface area contributed by atoms with Gasteiger partial charge in [0, 0.05) is 10.9 Å². The number of carbonyl (C=O) groups is 1. The molecule has 0 aliphatic carbocycles. The van der Waals surface area contributed by atoms with Crippen LogP contribution in [0.4, 0.5) is 0 Å². The van der Waals surface area contributed by atoms with Crippen LogP contribution in [0.1, 0.15) is 16.1 Å². The van der Waals surface area contributed by atoms with Crippen molar-refractivity contribution in [3.8, 4) is 22.8 Å². The number of para-hydroxylation sites is 1. The summed E-state index contributed by atoms with van der Waals surface area (Å²) in [4.78, 5) is 17.7. The highest BCUT2D eigenvalue weighted by Gasteiger charge is 2.17. The summed E-state index contributed by atoms with van der Waals surface area (Å²) in [5, 5.41) is 4.27. The molecule has 5 rings (SSSR count). The summed E-state index contributed by atoms with van der Waals surface area (Å²) in [6.45, 7) is 0.301. The first-order chi connectivity index (χ1) is 15.2. The summed E-state index contributed by atoms with van der Waals surface area (Å²) in [5.41, 5.74) is 2.59. The van der Waals surface area contributed by atoms with Gasteiger partial charge in [0.05, 0.1) is 28.9 Å². The average molecular weight is 429 g/mol. The Morgan fingerprint density at radius 1 is 0.935 bits per heavy atom. The maximum atomic E-state index is 13.0. The molecule has 2 aromatic carbocycles. The molecule has 0 saturated heterocycles. The molecule has 0 bridgehead atoms. The van der Waals surface area contributed by atoms with Crippen LogP contribution in [0.5, 0.6) is 0 Å². The molecular formula is C25H17ClN2O3. The topological polar surface area (TPSA) is 68.3 Å². The molecule has 1 amide bonds. The number of furan rings is 2. The van der Waals surface area contributed by atoms with Gasteiger partial charge in [-0.3, -0.25) is 4.79 Å². The molecule has 0 fully saturated rings. The Bertz CT molecular complexity index is 1370. The van der Waals surface area contributed by atoms with Crippen molar-refractivity contribution in [3.63, 3.8) is 0 Å². The third-order valence-corrected chi connectivity index (χ3v) is 5.29. The van der Waals surface area contributed by atoms with E-state index in [4.69, 9.17) is 25.4 Å². The van der Waals surface area contributed by atoms with Gasteiger partial charge in [0.2, 0.25) is 0 Å². The van der Waals surface area contributed by atoms with E-state index in [0.29, 0.717) is 45.6 Å². The first-order valence-electron chi connectivity index (χ1n) is 9.74. The van der Waals surface area contributed by atoms with Crippen LogP contribution < -0.4 is 5.32 Å². The van der Waals surface area contributed by atoms with E-state index >= 15 is 0 Å². The van der Waals surface area contributed by atoms with Crippen molar-refractivity contribution in [2.45, 2.75) is 6.54 Å². The Labute approximate surface area is 183 Å². The third-order valence-electron chi connectivity index (χ3n) is 4.96. The van der Waals surface area contributed by atoms with Crippen LogP contribution in [-0.2, 0) is 6.54 Å². The fourth-order valence-corrected chi connectivity index (χ4v) is 3.68. The summed E-state index contributed by atoms with van der Waals surface area (Å²) in [6.07, 6.45) is 1.58. The second-order valence-corrected chi connectivity index (χ2v) is 7.39. The van der Waals surface area contributed by atoms with E-state index < -0.39 is 0 Å². The summed E-state index contributed by atoms with van der Waals surface area (Å²) in [7, 11) is 0. The monoisotopic (exact) mass is 428 g/mol. The van der Waals surface area contributed by atoms with Crippen LogP contribution in [0.2, 0.25) is 5.02 Å². The van der Waals surface area contributed by atoms with E-state index in [-0.39, 0.29) is 5.91 Å². The summed E-state index contributed by atoms with van der Waals surface area (Å²) in [5.74, 6) is 1.66. The molecule has 0 unspecified atom stereocenters. The average Bonchev–Trinajstić information content (AvgIpc) is 3.49. The minimum absolute atomic E-state index is 0.214. The van der Waals surface area contributed by atoms with Gasteiger partial charge >= 0.3 is 0 Å². The number of nitrogens with one attached hydrogen (secondary N) is 1. The highest BCUT2D eigenvalue weighted by atomic mass is 35.5. The Morgan fingerprint density at radius 2 is 1.74 bits per heavy atom. The van der Waals surface area contributed by atoms with Crippen molar-refractivity contribution in [1.29, 1.82) is 0 Å². The molecule has 1 N–H and O–H groups in total. The lowest BCUT2D eigenvalue weighted by Gasteiger charge is -2.09. The maximum Gasteiger partial charge on any atom is 0.252 e. The zero-order valence-corrected chi connectivity index (χ0v) is 17.1. The Kier molecular flexibility index (Phi) is 5.02. The minimum atomic E-state index is -0.214. The molecule has 3 heterocycles. The van der Waals surface area contributed by atoms with Gasteiger partial charge in [-0.05, 0) is 48.5 Å². The molecule has 6 heteroatoms. The lowest BCUT2D eigenvalue weighted by atomic mass is 10.1. The van der Waals surface area contributed by atoms with Crippen LogP contribution in [0.3, 0.4) is 0 Å². The Morgan fingerprint density at radius 3 is 2.58 bits per heavy atom. The van der Waals surface area contributed by atoms with Crippen LogP contribution in [0.25, 0.3) is 33.7 Å². The van der Waals surface area contributed by atoms with Gasteiger partial charge in [0.1, 0.15) is 17.2 Å². The molecule has 5 aromatic rings. The van der Waals surface area contributed by atoms with Crippen molar-refractivity contribution >= 4 is 28.4 Å². The molecule has 0 aliphatic rings. The number of carbonyl (C=O) groups excluding carboxylic acids is 1. The van der Waals surface area contributed by atoms with Gasteiger partial charge in [0.25, 0.3) is 5.91 Å². The molecule has 0 aliphatic heterocycles. The second kappa shape index (κ2) is 8.13. The van der Waals surface area contributed by atoms with Crippen LogP contribution >= 0.6 is 11.6 Å². The number of nitrogens with zero attached hydrogens (tertiary/aromatic N) is 1. The van der Waals surface area contributed by atoms with E-state index in [1.807, 2.05) is 66.7 Å². The van der Waals surface area contributed by atoms with Gasteiger partial charge in [0.15, 0.2) is 5.76 Å². The van der Waals surface area contributed by atoms with Gasteiger partial charge in [-0.1, -0.05) is 41.9 Å². The molecule has 5 nitrogen and oxygen atoms in total. The minimum Gasteiger partial charge on any atom is -0.467 e. The van der Waals surface area contributed by atoms with Gasteiger partial charge in [-0.15, -0.1) is 0 Å². The summed E-state index contributed by atoms with van der Waals surface area (Å²) >= 11 is 6.30. The van der Waals surface area contributed by atoms with Crippen molar-refractivity contribution in [2.24, 2.45) is 0 Å². The van der Waals surface area contributed by atoms with Crippen LogP contribution in [0, 0.1) is 0 Å². The second-order valence-electron chi connectivity index (χ2n) is 6.98. The molecule has 0 atom stereocenters. The molecule has 0 saturated carbocycles. The van der Waals surface area contributed by atoms with E-state index in [9.17, 15) is 4.79 Å². The number of hydrogen-bond donors (Lipinski definition) is 1. The van der Waals surface area contributed by atoms with Crippen molar-refractivity contribution in [2.75, 3.05) is 0 Å². The fourth-order valence-electron chi connectivity index (χ4n) is 3.45. The van der Waals surface area contributed by atoms with E-state index in [2.05, 4.69) is 5.32 Å². The maximum absolute atomic E-state index is 13.0. The zero-order valence-electron chi connectivity index (χ0n) is 16.3. The van der Waals surface area contributed by atoms with Crippen LogP contribution in [-0.4, -0.2) is 10.9 Å². The molecular weight excluding hydrogens is 412 g/mol. The summed E-state index contributed by atoms with van der Waals surface area (Å²) in [6, 6.07) is 24.0. The highest BCUT2D eigenvalue weighted by molar-refractivity contribution is 6.33. The summed E-state index contributed by atoms with van der Waals surface area (Å²) < 4.78 is 11.3. The zero-order chi connectivity index (χ0) is 21.2. The number of pyridine rings is 1. The van der Waals surface area contributed by atoms with E-state index in [1.54, 1.807) is 18.4 Å². The normalized spacial score (nSPS) is 11.0. The number of aromatic nitrogens is 1. The van der Waals surface area contributed by atoms with Crippen molar-refractivity contribution in [3.05, 3.63) is 101 Å². The SMILES string of the molecule is O=C(NCc1ccco1)c1cc(-c2ccc(-c3ccccc3Cl)o2)nc2ccccc12. The number of hydrogen-bond acceptors (Lipinski definition) is 4. The first kappa shape index (κ1) is 19.2. The molecule has 3 aromatic heterocycles. The fraction of sp³-hybridized carbons (Fsp3) is 0.0400. The van der Waals surface area contributed by atoms with Gasteiger partial charge in [-0.2, -0.15) is 0 Å². The van der Waals surface area contributed by atoms with Crippen molar-refractivity contribution in [1.82, 2.24) is 10.3 Å². The lowest BCUT2D eigenvalue weighted by Crippen LogP contribution is -2.23.